The van der Waals surface area contributed by atoms with Gasteiger partial charge in [0.15, 0.2) is 0 Å². The van der Waals surface area contributed by atoms with E-state index >= 15 is 0 Å². The van der Waals surface area contributed by atoms with Gasteiger partial charge in [0.25, 0.3) is 0 Å². The Morgan fingerprint density at radius 1 is 0.313 bits per heavy atom. The molecule has 0 saturated heterocycles. The molecule has 13 rings (SSSR count). The first-order chi connectivity index (χ1) is 33.2. The molecule has 314 valence electrons. The number of anilines is 3. The van der Waals surface area contributed by atoms with Gasteiger partial charge in [0, 0.05) is 33.5 Å². The molecular formula is C65H44N2. The lowest BCUT2D eigenvalue weighted by molar-refractivity contribution is 0.768. The molecule has 2 nitrogen and oxygen atoms in total. The van der Waals surface area contributed by atoms with E-state index in [1.165, 1.54) is 88.2 Å². The summed E-state index contributed by atoms with van der Waals surface area (Å²) < 4.78 is 2.39. The molecule has 11 aromatic carbocycles. The lowest BCUT2D eigenvalue weighted by Crippen LogP contribution is -2.28. The number of hydrogen-bond donors (Lipinski definition) is 0. The SMILES string of the molecule is c1ccc(-c2ccc(N(c3ccc4c(c3)C(c3ccccc3)(c3ccccc3)c3ccccc3-4)c3ccc4cc(-c5cccc6c5c5ccccc5n6-c5ccccc5)ccc4c3)cc2)cc1. The summed E-state index contributed by atoms with van der Waals surface area (Å²) in [6.07, 6.45) is 0. The summed E-state index contributed by atoms with van der Waals surface area (Å²) in [5.74, 6) is 0. The van der Waals surface area contributed by atoms with E-state index in [1.54, 1.807) is 0 Å². The molecule has 1 aromatic heterocycles. The summed E-state index contributed by atoms with van der Waals surface area (Å²) in [4.78, 5) is 2.44. The molecule has 0 aliphatic heterocycles. The zero-order chi connectivity index (χ0) is 44.3. The maximum atomic E-state index is 2.46. The zero-order valence-electron chi connectivity index (χ0n) is 36.8. The standard InChI is InChI=1S/C65H44N2/c1-5-18-45(19-6-1)46-34-37-53(38-35-46)66(55-40-41-58-57-26-13-15-29-60(57)65(61(58)44-55,50-20-7-2-8-21-50)51-22-9-3-10-23-51)54-39-36-47-42-49(33-32-48(47)43-54)56-28-17-31-63-64(56)59-27-14-16-30-62(59)67(63)52-24-11-4-12-25-52/h1-44H. The van der Waals surface area contributed by atoms with Crippen molar-refractivity contribution in [2.45, 2.75) is 5.41 Å². The molecule has 1 heterocycles. The number of hydrogen-bond acceptors (Lipinski definition) is 1. The highest BCUT2D eigenvalue weighted by Gasteiger charge is 2.46. The molecule has 0 spiro atoms. The van der Waals surface area contributed by atoms with Crippen molar-refractivity contribution >= 4 is 49.6 Å². The second kappa shape index (κ2) is 15.8. The van der Waals surface area contributed by atoms with Gasteiger partial charge < -0.3 is 9.47 Å². The van der Waals surface area contributed by atoms with E-state index in [0.29, 0.717) is 0 Å². The highest BCUT2D eigenvalue weighted by atomic mass is 15.1. The molecule has 1 aliphatic rings. The monoisotopic (exact) mass is 852 g/mol. The Balaban J connectivity index is 0.980. The third-order valence-electron chi connectivity index (χ3n) is 14.0. The minimum Gasteiger partial charge on any atom is -0.310 e. The lowest BCUT2D eigenvalue weighted by Gasteiger charge is -2.35. The van der Waals surface area contributed by atoms with Crippen molar-refractivity contribution in [3.63, 3.8) is 0 Å². The topological polar surface area (TPSA) is 8.17 Å². The van der Waals surface area contributed by atoms with Crippen molar-refractivity contribution in [1.29, 1.82) is 0 Å². The molecule has 0 bridgehead atoms. The van der Waals surface area contributed by atoms with Crippen molar-refractivity contribution in [1.82, 2.24) is 4.57 Å². The van der Waals surface area contributed by atoms with Crippen LogP contribution >= 0.6 is 0 Å². The molecule has 12 aromatic rings. The molecule has 1 aliphatic carbocycles. The summed E-state index contributed by atoms with van der Waals surface area (Å²) in [5.41, 5.74) is 18.8. The van der Waals surface area contributed by atoms with E-state index in [9.17, 15) is 0 Å². The number of fused-ring (bicyclic) bond motifs is 7. The first-order valence-electron chi connectivity index (χ1n) is 23.2. The number of rotatable bonds is 8. The Morgan fingerprint density at radius 3 is 1.60 bits per heavy atom. The van der Waals surface area contributed by atoms with Crippen molar-refractivity contribution in [2.75, 3.05) is 4.90 Å². The second-order valence-corrected chi connectivity index (χ2v) is 17.6. The molecule has 67 heavy (non-hydrogen) atoms. The van der Waals surface area contributed by atoms with Crippen molar-refractivity contribution in [3.8, 4) is 39.1 Å². The van der Waals surface area contributed by atoms with Crippen LogP contribution in [-0.4, -0.2) is 4.57 Å². The third kappa shape index (κ3) is 6.18. The number of nitrogens with zero attached hydrogens (tertiary/aromatic N) is 2. The molecule has 0 saturated carbocycles. The average Bonchev–Trinajstić information content (AvgIpc) is 3.90. The lowest BCUT2D eigenvalue weighted by atomic mass is 9.67. The fraction of sp³-hybridized carbons (Fsp3) is 0.0154. The molecule has 0 radical (unpaired) electrons. The van der Waals surface area contributed by atoms with Gasteiger partial charge in [0.05, 0.1) is 16.4 Å². The maximum Gasteiger partial charge on any atom is 0.0714 e. The molecular weight excluding hydrogens is 809 g/mol. The van der Waals surface area contributed by atoms with Crippen LogP contribution in [0.15, 0.2) is 267 Å². The van der Waals surface area contributed by atoms with Crippen LogP contribution in [0.25, 0.3) is 71.6 Å². The minimum atomic E-state index is -0.511. The van der Waals surface area contributed by atoms with Crippen LogP contribution in [-0.2, 0) is 5.41 Å². The number of aromatic nitrogens is 1. The molecule has 2 heteroatoms. The normalized spacial score (nSPS) is 12.6. The van der Waals surface area contributed by atoms with Crippen LogP contribution in [0.5, 0.6) is 0 Å². The van der Waals surface area contributed by atoms with E-state index in [1.807, 2.05) is 0 Å². The summed E-state index contributed by atoms with van der Waals surface area (Å²) in [6, 6.07) is 98.0. The van der Waals surface area contributed by atoms with Gasteiger partial charge in [0.2, 0.25) is 0 Å². The van der Waals surface area contributed by atoms with Crippen LogP contribution in [0.3, 0.4) is 0 Å². The van der Waals surface area contributed by atoms with Gasteiger partial charge in [-0.05, 0) is 133 Å². The molecule has 0 unspecified atom stereocenters. The Morgan fingerprint density at radius 2 is 0.836 bits per heavy atom. The van der Waals surface area contributed by atoms with Gasteiger partial charge in [0.1, 0.15) is 0 Å². The molecule has 0 atom stereocenters. The van der Waals surface area contributed by atoms with Crippen LogP contribution in [0.4, 0.5) is 17.1 Å². The van der Waals surface area contributed by atoms with E-state index < -0.39 is 5.41 Å². The van der Waals surface area contributed by atoms with Crippen molar-refractivity contribution < 1.29 is 0 Å². The Kier molecular flexibility index (Phi) is 9.11. The zero-order valence-corrected chi connectivity index (χ0v) is 36.8. The first-order valence-corrected chi connectivity index (χ1v) is 23.2. The predicted octanol–water partition coefficient (Wildman–Crippen LogP) is 17.1. The molecule has 0 amide bonds. The number of para-hydroxylation sites is 2. The summed E-state index contributed by atoms with van der Waals surface area (Å²) >= 11 is 0. The average molecular weight is 853 g/mol. The Hall–Kier alpha value is -8.72. The van der Waals surface area contributed by atoms with E-state index in [-0.39, 0.29) is 0 Å². The predicted molar refractivity (Wildman–Crippen MR) is 281 cm³/mol. The quantitative estimate of drug-likeness (QED) is 0.148. The van der Waals surface area contributed by atoms with Gasteiger partial charge in [-0.25, -0.2) is 0 Å². The van der Waals surface area contributed by atoms with Gasteiger partial charge >= 0.3 is 0 Å². The number of benzene rings is 11. The van der Waals surface area contributed by atoms with Crippen LogP contribution in [0.2, 0.25) is 0 Å². The van der Waals surface area contributed by atoms with Crippen molar-refractivity contribution in [2.24, 2.45) is 0 Å². The smallest absolute Gasteiger partial charge is 0.0714 e. The van der Waals surface area contributed by atoms with Crippen LogP contribution < -0.4 is 4.90 Å². The van der Waals surface area contributed by atoms with Crippen molar-refractivity contribution in [3.05, 3.63) is 289 Å². The van der Waals surface area contributed by atoms with E-state index in [4.69, 9.17) is 0 Å². The third-order valence-corrected chi connectivity index (χ3v) is 14.0. The Bertz CT molecular complexity index is 3740. The van der Waals surface area contributed by atoms with Gasteiger partial charge in [-0.3, -0.25) is 0 Å². The summed E-state index contributed by atoms with van der Waals surface area (Å²) in [5, 5.41) is 4.90. The second-order valence-electron chi connectivity index (χ2n) is 17.6. The summed E-state index contributed by atoms with van der Waals surface area (Å²) in [6.45, 7) is 0. The molecule has 0 N–H and O–H groups in total. The first kappa shape index (κ1) is 38.7. The van der Waals surface area contributed by atoms with Gasteiger partial charge in [-0.2, -0.15) is 0 Å². The highest BCUT2D eigenvalue weighted by Crippen LogP contribution is 2.57. The van der Waals surface area contributed by atoms with Gasteiger partial charge in [-0.1, -0.05) is 200 Å². The van der Waals surface area contributed by atoms with E-state index in [2.05, 4.69) is 276 Å². The minimum absolute atomic E-state index is 0.511. The highest BCUT2D eigenvalue weighted by molar-refractivity contribution is 6.16. The van der Waals surface area contributed by atoms with E-state index in [0.717, 1.165) is 22.7 Å². The Labute approximate surface area is 390 Å². The molecule has 0 fully saturated rings. The fourth-order valence-electron chi connectivity index (χ4n) is 11.1. The fourth-order valence-corrected chi connectivity index (χ4v) is 11.1. The van der Waals surface area contributed by atoms with Gasteiger partial charge in [-0.15, -0.1) is 0 Å². The van der Waals surface area contributed by atoms with Crippen LogP contribution in [0, 0.1) is 0 Å². The largest absolute Gasteiger partial charge is 0.310 e. The van der Waals surface area contributed by atoms with Crippen LogP contribution in [0.1, 0.15) is 22.3 Å². The maximum absolute atomic E-state index is 2.46. The summed E-state index contributed by atoms with van der Waals surface area (Å²) in [7, 11) is 0.